The maximum atomic E-state index is 14.3. The van der Waals surface area contributed by atoms with E-state index in [2.05, 4.69) is 37.5 Å². The molecule has 0 spiro atoms. The summed E-state index contributed by atoms with van der Waals surface area (Å²) in [5.41, 5.74) is 3.77. The molecule has 8 nitrogen and oxygen atoms in total. The number of methoxy groups -OCH3 is 3. The van der Waals surface area contributed by atoms with E-state index in [0.29, 0.717) is 39.5 Å². The number of fused-ring (bicyclic) bond motifs is 4. The van der Waals surface area contributed by atoms with E-state index in [1.54, 1.807) is 13.2 Å². The zero-order valence-electron chi connectivity index (χ0n) is 26.9. The van der Waals surface area contributed by atoms with E-state index < -0.39 is 0 Å². The number of phenols is 1. The Morgan fingerprint density at radius 2 is 1.38 bits per heavy atom. The molecule has 8 heteroatoms. The smallest absolute Gasteiger partial charge is 0.194 e. The summed E-state index contributed by atoms with van der Waals surface area (Å²) in [6, 6.07) is 2.95. The maximum Gasteiger partial charge on any atom is 0.194 e. The van der Waals surface area contributed by atoms with E-state index in [9.17, 15) is 14.7 Å². The van der Waals surface area contributed by atoms with Crippen LogP contribution in [0.3, 0.4) is 0 Å². The SMILES string of the molecule is CCCCC1(CCCC)CNc2c(c3c(=O)cc(OC)c4c5c(OC)cc(=O)c6c(O)c(OC)c7c(c(c2C=C(C)C7)c34)c65)N1. The molecule has 1 aliphatic heterocycles. The van der Waals surface area contributed by atoms with Crippen LogP contribution in [0.2, 0.25) is 0 Å². The summed E-state index contributed by atoms with van der Waals surface area (Å²) in [6.07, 6.45) is 8.98. The number of unbranched alkanes of at least 4 members (excludes halogenated alkanes) is 2. The number of anilines is 2. The number of phenolic OH excluding ortho intramolecular Hbond substituents is 1. The third-order valence-electron chi connectivity index (χ3n) is 10.1. The summed E-state index contributed by atoms with van der Waals surface area (Å²) in [5.74, 6) is 0.843. The number of rotatable bonds is 9. The minimum Gasteiger partial charge on any atom is -0.504 e. The number of hydrogen-bond donors (Lipinski definition) is 3. The van der Waals surface area contributed by atoms with Crippen LogP contribution in [0.25, 0.3) is 49.2 Å². The Balaban J connectivity index is 1.79. The summed E-state index contributed by atoms with van der Waals surface area (Å²) in [6.45, 7) is 7.22. The van der Waals surface area contributed by atoms with Crippen LogP contribution >= 0.6 is 0 Å². The molecule has 0 radical (unpaired) electrons. The molecule has 0 fully saturated rings. The number of allylic oxidation sites excluding steroid dienone is 1. The summed E-state index contributed by atoms with van der Waals surface area (Å²) in [4.78, 5) is 28.0. The van der Waals surface area contributed by atoms with Crippen LogP contribution in [-0.4, -0.2) is 38.5 Å². The third-order valence-corrected chi connectivity index (χ3v) is 10.1. The van der Waals surface area contributed by atoms with Gasteiger partial charge in [-0.1, -0.05) is 51.2 Å². The quantitative estimate of drug-likeness (QED) is 0.116. The van der Waals surface area contributed by atoms with Crippen LogP contribution in [0.4, 0.5) is 11.4 Å². The highest BCUT2D eigenvalue weighted by molar-refractivity contribution is 6.40. The number of benzene rings is 5. The normalized spacial score (nSPS) is 15.3. The standard InChI is InChI=1S/C37H40N2O6/c1-7-9-11-37(12-10-8-2)17-38-33-19-13-18(3)14-20-26-25(19)31-27(34(33)39-37)21(40)15-23(43-4)29(31)30-24(44-5)16-22(41)28(32(26)30)35(42)36(20)45-6/h13,15-16,38-39,42H,7-12,14,17H2,1-6H3. The second-order valence-electron chi connectivity index (χ2n) is 12.8. The van der Waals surface area contributed by atoms with Crippen molar-refractivity contribution in [3.8, 4) is 23.0 Å². The van der Waals surface area contributed by atoms with Gasteiger partial charge in [0.1, 0.15) is 11.5 Å². The molecule has 1 heterocycles. The number of nitrogens with one attached hydrogen (secondary N) is 2. The van der Waals surface area contributed by atoms with E-state index in [1.165, 1.54) is 20.3 Å². The van der Waals surface area contributed by atoms with Crippen LogP contribution in [0.1, 0.15) is 70.4 Å². The predicted octanol–water partition coefficient (Wildman–Crippen LogP) is 7.54. The molecule has 0 saturated carbocycles. The van der Waals surface area contributed by atoms with Crippen LogP contribution < -0.4 is 35.7 Å². The van der Waals surface area contributed by atoms with Crippen molar-refractivity contribution >= 4 is 60.5 Å². The van der Waals surface area contributed by atoms with Crippen LogP contribution in [0, 0.1) is 0 Å². The van der Waals surface area contributed by atoms with Crippen molar-refractivity contribution in [3.05, 3.63) is 49.3 Å². The molecular weight excluding hydrogens is 568 g/mol. The van der Waals surface area contributed by atoms with Gasteiger partial charge in [-0.15, -0.1) is 0 Å². The second-order valence-corrected chi connectivity index (χ2v) is 12.8. The molecule has 5 aromatic rings. The highest BCUT2D eigenvalue weighted by Gasteiger charge is 2.38. The van der Waals surface area contributed by atoms with Crippen molar-refractivity contribution in [2.45, 2.75) is 71.3 Å². The average molecular weight is 609 g/mol. The lowest BCUT2D eigenvalue weighted by atomic mass is 9.80. The Hall–Kier alpha value is -4.46. The van der Waals surface area contributed by atoms with Crippen LogP contribution in [-0.2, 0) is 6.42 Å². The fraction of sp³-hybridized carbons (Fsp3) is 0.405. The zero-order valence-corrected chi connectivity index (χ0v) is 26.9. The number of ether oxygens (including phenoxy) is 3. The third kappa shape index (κ3) is 3.97. The van der Waals surface area contributed by atoms with E-state index in [4.69, 9.17) is 14.2 Å². The first kappa shape index (κ1) is 29.3. The molecule has 0 unspecified atom stereocenters. The van der Waals surface area contributed by atoms with Gasteiger partial charge in [-0.25, -0.2) is 0 Å². The average Bonchev–Trinajstić information content (AvgIpc) is 3.19. The molecule has 1 aliphatic carbocycles. The lowest BCUT2D eigenvalue weighted by Gasteiger charge is -2.42. The highest BCUT2D eigenvalue weighted by atomic mass is 16.5. The zero-order chi connectivity index (χ0) is 31.8. The number of aromatic hydroxyl groups is 1. The molecule has 234 valence electrons. The minimum atomic E-state index is -0.367. The van der Waals surface area contributed by atoms with Crippen molar-refractivity contribution in [1.82, 2.24) is 0 Å². The molecular formula is C37H40N2O6. The van der Waals surface area contributed by atoms with E-state index in [0.717, 1.165) is 89.3 Å². The van der Waals surface area contributed by atoms with Gasteiger partial charge in [-0.05, 0) is 31.6 Å². The van der Waals surface area contributed by atoms with E-state index in [1.807, 2.05) is 0 Å². The summed E-state index contributed by atoms with van der Waals surface area (Å²) in [5, 5.41) is 24.4. The molecule has 7 rings (SSSR count). The summed E-state index contributed by atoms with van der Waals surface area (Å²) in [7, 11) is 4.60. The first-order chi connectivity index (χ1) is 21.7. The van der Waals surface area contributed by atoms with E-state index >= 15 is 0 Å². The van der Waals surface area contributed by atoms with Crippen molar-refractivity contribution < 1.29 is 19.3 Å². The number of hydrogen-bond acceptors (Lipinski definition) is 8. The summed E-state index contributed by atoms with van der Waals surface area (Å²) >= 11 is 0. The molecule has 5 aromatic carbocycles. The Bertz CT molecular complexity index is 2160. The first-order valence-corrected chi connectivity index (χ1v) is 16.0. The van der Waals surface area contributed by atoms with Crippen molar-refractivity contribution in [1.29, 1.82) is 0 Å². The molecule has 3 N–H and O–H groups in total. The fourth-order valence-electron chi connectivity index (χ4n) is 8.09. The molecule has 0 atom stereocenters. The monoisotopic (exact) mass is 608 g/mol. The first-order valence-electron chi connectivity index (χ1n) is 16.0. The van der Waals surface area contributed by atoms with Crippen molar-refractivity contribution in [2.75, 3.05) is 38.5 Å². The molecule has 0 bridgehead atoms. The molecule has 0 amide bonds. The van der Waals surface area contributed by atoms with Crippen molar-refractivity contribution in [2.24, 2.45) is 0 Å². The van der Waals surface area contributed by atoms with Gasteiger partial charge in [-0.3, -0.25) is 9.59 Å². The van der Waals surface area contributed by atoms with Crippen LogP contribution in [0.15, 0.2) is 27.3 Å². The van der Waals surface area contributed by atoms with Crippen LogP contribution in [0.5, 0.6) is 23.0 Å². The molecule has 0 aromatic heterocycles. The second kappa shape index (κ2) is 10.6. The van der Waals surface area contributed by atoms with Gasteiger partial charge in [0.05, 0.1) is 49.0 Å². The maximum absolute atomic E-state index is 14.3. The lowest BCUT2D eigenvalue weighted by Crippen LogP contribution is -2.48. The molecule has 45 heavy (non-hydrogen) atoms. The predicted molar refractivity (Wildman–Crippen MR) is 184 cm³/mol. The van der Waals surface area contributed by atoms with Gasteiger partial charge in [0, 0.05) is 56.7 Å². The van der Waals surface area contributed by atoms with Crippen molar-refractivity contribution in [3.63, 3.8) is 0 Å². The van der Waals surface area contributed by atoms with Gasteiger partial charge < -0.3 is 30.0 Å². The van der Waals surface area contributed by atoms with Gasteiger partial charge in [0.2, 0.25) is 0 Å². The summed E-state index contributed by atoms with van der Waals surface area (Å²) < 4.78 is 17.6. The molecule has 2 aliphatic rings. The molecule has 0 saturated heterocycles. The van der Waals surface area contributed by atoms with Gasteiger partial charge in [0.15, 0.2) is 22.4 Å². The Labute approximate surface area is 261 Å². The Morgan fingerprint density at radius 3 is 1.96 bits per heavy atom. The highest BCUT2D eigenvalue weighted by Crippen LogP contribution is 2.57. The topological polar surface area (TPSA) is 106 Å². The van der Waals surface area contributed by atoms with E-state index in [-0.39, 0.29) is 33.3 Å². The van der Waals surface area contributed by atoms with Gasteiger partial charge in [0.25, 0.3) is 0 Å². The lowest BCUT2D eigenvalue weighted by molar-refractivity contribution is 0.373. The van der Waals surface area contributed by atoms with Gasteiger partial charge in [-0.2, -0.15) is 0 Å². The Kier molecular flexibility index (Phi) is 6.87. The van der Waals surface area contributed by atoms with Gasteiger partial charge >= 0.3 is 0 Å². The fourth-order valence-corrected chi connectivity index (χ4v) is 8.09. The Morgan fingerprint density at radius 1 is 0.778 bits per heavy atom. The minimum absolute atomic E-state index is 0.142. The largest absolute Gasteiger partial charge is 0.504 e.